The van der Waals surface area contributed by atoms with Crippen LogP contribution >= 0.6 is 0 Å². The number of benzene rings is 1. The monoisotopic (exact) mass is 184 g/mol. The average Bonchev–Trinajstić information content (AvgIpc) is 2.05. The zero-order valence-electron chi connectivity index (χ0n) is 7.24. The minimum atomic E-state index is -0.766. The van der Waals surface area contributed by atoms with E-state index in [2.05, 4.69) is 0 Å². The van der Waals surface area contributed by atoms with E-state index in [0.717, 1.165) is 11.3 Å². The first kappa shape index (κ1) is 9.42. The average molecular weight is 184 g/mol. The van der Waals surface area contributed by atoms with Crippen molar-refractivity contribution in [3.63, 3.8) is 0 Å². The lowest BCUT2D eigenvalue weighted by atomic mass is 10.2. The molecule has 1 unspecified atom stereocenters. The van der Waals surface area contributed by atoms with Crippen molar-refractivity contribution >= 4 is 11.2 Å². The van der Waals surface area contributed by atoms with Gasteiger partial charge in [0.25, 0.3) is 0 Å². The number of hydrogen-bond donors (Lipinski definition) is 0. The third-order valence-corrected chi connectivity index (χ3v) is 2.27. The highest BCUT2D eigenvalue weighted by Gasteiger charge is 2.00. The van der Waals surface area contributed by atoms with Gasteiger partial charge in [-0.3, -0.25) is 0 Å². The summed E-state index contributed by atoms with van der Waals surface area (Å²) in [4.78, 5) is 0. The normalized spacial score (nSPS) is 12.6. The smallest absolute Gasteiger partial charge is 0.130 e. The molecule has 0 amide bonds. The molecule has 1 aromatic carbocycles. The van der Waals surface area contributed by atoms with Crippen LogP contribution in [-0.4, -0.2) is 17.9 Å². The number of hydrogen-bond acceptors (Lipinski definition) is 2. The van der Waals surface area contributed by atoms with Gasteiger partial charge in [0, 0.05) is 5.56 Å². The minimum absolute atomic E-state index is 0.615. The molecule has 3 heteroatoms. The molecule has 0 saturated carbocycles. The molecule has 0 N–H and O–H groups in total. The predicted octanol–water partition coefficient (Wildman–Crippen LogP) is 1.57. The van der Waals surface area contributed by atoms with Crippen molar-refractivity contribution in [1.82, 2.24) is 0 Å². The summed E-state index contributed by atoms with van der Waals surface area (Å²) in [5, 5.41) is 0. The maximum absolute atomic E-state index is 10.8. The molecule has 1 rings (SSSR count). The highest BCUT2D eigenvalue weighted by atomic mass is 32.2. The van der Waals surface area contributed by atoms with Crippen LogP contribution in [0.3, 0.4) is 0 Å². The minimum Gasteiger partial charge on any atom is -0.616 e. The first-order chi connectivity index (χ1) is 5.72. The maximum atomic E-state index is 10.8. The van der Waals surface area contributed by atoms with Gasteiger partial charge in [-0.25, -0.2) is 0 Å². The molecule has 0 bridgehead atoms. The van der Waals surface area contributed by atoms with Crippen molar-refractivity contribution < 1.29 is 9.29 Å². The molecule has 0 aliphatic heterocycles. The molecule has 0 aliphatic rings. The second-order valence-electron chi connectivity index (χ2n) is 2.57. The van der Waals surface area contributed by atoms with Crippen LogP contribution < -0.4 is 4.74 Å². The van der Waals surface area contributed by atoms with Gasteiger partial charge in [0.05, 0.1) is 13.4 Å². The molecule has 1 aromatic rings. The van der Waals surface area contributed by atoms with Crippen LogP contribution in [0.5, 0.6) is 5.75 Å². The molecule has 2 nitrogen and oxygen atoms in total. The number of methoxy groups -OCH3 is 1. The van der Waals surface area contributed by atoms with Crippen molar-refractivity contribution in [3.8, 4) is 5.75 Å². The fraction of sp³-hybridized carbons (Fsp3) is 0.333. The van der Waals surface area contributed by atoms with Gasteiger partial charge < -0.3 is 9.29 Å². The quantitative estimate of drug-likeness (QED) is 0.668. The molecular weight excluding hydrogens is 172 g/mol. The summed E-state index contributed by atoms with van der Waals surface area (Å²) in [6.07, 6.45) is 1.70. The van der Waals surface area contributed by atoms with Gasteiger partial charge >= 0.3 is 0 Å². The highest BCUT2D eigenvalue weighted by molar-refractivity contribution is 7.89. The molecular formula is C9H12O2S. The van der Waals surface area contributed by atoms with Crippen molar-refractivity contribution in [3.05, 3.63) is 29.8 Å². The van der Waals surface area contributed by atoms with E-state index in [4.69, 9.17) is 4.74 Å². The fourth-order valence-corrected chi connectivity index (χ4v) is 1.62. The topological polar surface area (TPSA) is 32.3 Å². The first-order valence-corrected chi connectivity index (χ1v) is 5.38. The highest BCUT2D eigenvalue weighted by Crippen LogP contribution is 2.12. The summed E-state index contributed by atoms with van der Waals surface area (Å²) in [5.74, 6) is 1.45. The second kappa shape index (κ2) is 4.38. The second-order valence-corrected chi connectivity index (χ2v) is 4.00. The van der Waals surface area contributed by atoms with Gasteiger partial charge in [-0.05, 0) is 12.1 Å². The van der Waals surface area contributed by atoms with Crippen LogP contribution in [0.25, 0.3) is 0 Å². The van der Waals surface area contributed by atoms with Crippen molar-refractivity contribution in [2.45, 2.75) is 5.75 Å². The number of ether oxygens (including phenoxy) is 1. The lowest BCUT2D eigenvalue weighted by Crippen LogP contribution is -2.00. The van der Waals surface area contributed by atoms with E-state index >= 15 is 0 Å². The third kappa shape index (κ3) is 2.75. The first-order valence-electron chi connectivity index (χ1n) is 3.65. The van der Waals surface area contributed by atoms with Gasteiger partial charge in [-0.15, -0.1) is 0 Å². The summed E-state index contributed by atoms with van der Waals surface area (Å²) >= 11 is -0.766. The summed E-state index contributed by atoms with van der Waals surface area (Å²) in [6.45, 7) is 0. The van der Waals surface area contributed by atoms with Crippen LogP contribution in [0.1, 0.15) is 5.56 Å². The van der Waals surface area contributed by atoms with Gasteiger partial charge in [0.2, 0.25) is 0 Å². The molecule has 12 heavy (non-hydrogen) atoms. The molecule has 66 valence electrons. The van der Waals surface area contributed by atoms with Gasteiger partial charge in [-0.2, -0.15) is 0 Å². The Morgan fingerprint density at radius 1 is 1.33 bits per heavy atom. The van der Waals surface area contributed by atoms with Gasteiger partial charge in [0.15, 0.2) is 0 Å². The summed E-state index contributed by atoms with van der Waals surface area (Å²) in [5.41, 5.74) is 1.08. The Kier molecular flexibility index (Phi) is 3.44. The Hall–Kier alpha value is -0.670. The zero-order valence-corrected chi connectivity index (χ0v) is 8.06. The van der Waals surface area contributed by atoms with Crippen LogP contribution in [0.2, 0.25) is 0 Å². The molecule has 0 fully saturated rings. The summed E-state index contributed by atoms with van der Waals surface area (Å²) < 4.78 is 15.8. The standard InChI is InChI=1S/C9H12O2S/c1-11-9-5-3-8(4-6-9)7-12(2)10/h3-6H,7H2,1-2H3. The van der Waals surface area contributed by atoms with Crippen LogP contribution in [0.15, 0.2) is 24.3 Å². The summed E-state index contributed by atoms with van der Waals surface area (Å²) in [6, 6.07) is 7.62. The van der Waals surface area contributed by atoms with Crippen molar-refractivity contribution in [2.75, 3.05) is 13.4 Å². The predicted molar refractivity (Wildman–Crippen MR) is 50.8 cm³/mol. The third-order valence-electron chi connectivity index (χ3n) is 1.53. The Bertz CT molecular complexity index is 231. The molecule has 0 aromatic heterocycles. The van der Waals surface area contributed by atoms with Gasteiger partial charge in [-0.1, -0.05) is 23.3 Å². The largest absolute Gasteiger partial charge is 0.616 e. The Labute approximate surface area is 75.7 Å². The van der Waals surface area contributed by atoms with Crippen LogP contribution in [0, 0.1) is 0 Å². The molecule has 0 radical (unpaired) electrons. The molecule has 1 atom stereocenters. The van der Waals surface area contributed by atoms with E-state index in [-0.39, 0.29) is 0 Å². The lowest BCUT2D eigenvalue weighted by molar-refractivity contribution is 0.414. The van der Waals surface area contributed by atoms with Crippen LogP contribution in [-0.2, 0) is 16.9 Å². The lowest BCUT2D eigenvalue weighted by Gasteiger charge is -2.05. The SMILES string of the molecule is COc1ccc(C[S+](C)[O-])cc1. The van der Waals surface area contributed by atoms with Crippen molar-refractivity contribution in [2.24, 2.45) is 0 Å². The van der Waals surface area contributed by atoms with E-state index in [0.29, 0.717) is 5.75 Å². The zero-order chi connectivity index (χ0) is 8.97. The van der Waals surface area contributed by atoms with E-state index in [1.807, 2.05) is 24.3 Å². The number of rotatable bonds is 3. The fourth-order valence-electron chi connectivity index (χ4n) is 0.956. The van der Waals surface area contributed by atoms with E-state index in [9.17, 15) is 4.55 Å². The molecule has 0 saturated heterocycles. The van der Waals surface area contributed by atoms with E-state index in [1.54, 1.807) is 13.4 Å². The summed E-state index contributed by atoms with van der Waals surface area (Å²) in [7, 11) is 1.63. The van der Waals surface area contributed by atoms with E-state index in [1.165, 1.54) is 0 Å². The van der Waals surface area contributed by atoms with Crippen LogP contribution in [0.4, 0.5) is 0 Å². The maximum Gasteiger partial charge on any atom is 0.130 e. The van der Waals surface area contributed by atoms with Gasteiger partial charge in [0.1, 0.15) is 11.5 Å². The Morgan fingerprint density at radius 2 is 1.92 bits per heavy atom. The molecule has 0 aliphatic carbocycles. The van der Waals surface area contributed by atoms with E-state index < -0.39 is 11.2 Å². The Morgan fingerprint density at radius 3 is 2.33 bits per heavy atom. The van der Waals surface area contributed by atoms with Crippen molar-refractivity contribution in [1.29, 1.82) is 0 Å². The molecule has 0 spiro atoms. The Balaban J connectivity index is 2.65. The molecule has 0 heterocycles.